The molecule has 0 fully saturated rings. The number of hydrogen-bond acceptors (Lipinski definition) is 3. The molecule has 0 unspecified atom stereocenters. The van der Waals surface area contributed by atoms with E-state index in [4.69, 9.17) is 24.4 Å². The van der Waals surface area contributed by atoms with E-state index in [0.29, 0.717) is 16.8 Å². The molecule has 0 spiro atoms. The smallest absolute Gasteiger partial charge is 0.144 e. The van der Waals surface area contributed by atoms with Crippen LogP contribution in [0.5, 0.6) is 0 Å². The summed E-state index contributed by atoms with van der Waals surface area (Å²) in [6.07, 6.45) is 5.52. The first-order valence-electron chi connectivity index (χ1n) is 3.07. The summed E-state index contributed by atoms with van der Waals surface area (Å²) in [6.45, 7) is 0. The molecule has 1 rings (SSSR count). The van der Waals surface area contributed by atoms with Crippen LogP contribution >= 0.6 is 12.2 Å². The molecular weight excluding hydrogens is 160 g/mol. The van der Waals surface area contributed by atoms with Crippen LogP contribution in [0.1, 0.15) is 18.2 Å². The predicted octanol–water partition coefficient (Wildman–Crippen LogP) is 0.490. The minimum atomic E-state index is -0.269. The normalized spacial score (nSPS) is 12.4. The molecule has 1 aromatic rings. The van der Waals surface area contributed by atoms with Crippen LogP contribution in [0.25, 0.3) is 0 Å². The largest absolute Gasteiger partial charge is 0.322 e. The quantitative estimate of drug-likeness (QED) is 0.444. The van der Waals surface area contributed by atoms with Crippen LogP contribution in [-0.2, 0) is 0 Å². The number of nitrogens with one attached hydrogen (secondary N) is 2. The van der Waals surface area contributed by atoms with Gasteiger partial charge in [0, 0.05) is 6.42 Å². The molecule has 0 aliphatic rings. The van der Waals surface area contributed by atoms with Crippen LogP contribution in [0.15, 0.2) is 0 Å². The fourth-order valence-electron chi connectivity index (χ4n) is 0.729. The van der Waals surface area contributed by atoms with Gasteiger partial charge in [-0.25, -0.2) is 5.21 Å². The van der Waals surface area contributed by atoms with Crippen molar-refractivity contribution < 1.29 is 0 Å². The molecule has 0 amide bonds. The van der Waals surface area contributed by atoms with Crippen molar-refractivity contribution in [1.82, 2.24) is 15.4 Å². The first kappa shape index (κ1) is 7.98. The lowest BCUT2D eigenvalue weighted by molar-refractivity contribution is 0.717. The highest BCUT2D eigenvalue weighted by atomic mass is 32.1. The second-order valence-corrected chi connectivity index (χ2v) is 2.49. The van der Waals surface area contributed by atoms with E-state index in [1.54, 1.807) is 0 Å². The number of H-pyrrole nitrogens is 2. The molecule has 4 nitrogen and oxygen atoms in total. The number of hydrogen-bond donors (Lipinski definition) is 3. The summed E-state index contributed by atoms with van der Waals surface area (Å²) in [7, 11) is 0. The van der Waals surface area contributed by atoms with Gasteiger partial charge < -0.3 is 5.73 Å². The van der Waals surface area contributed by atoms with Crippen molar-refractivity contribution in [3.8, 4) is 12.3 Å². The van der Waals surface area contributed by atoms with Gasteiger partial charge in [-0.2, -0.15) is 5.10 Å². The maximum absolute atomic E-state index is 5.64. The predicted molar refractivity (Wildman–Crippen MR) is 44.2 cm³/mol. The van der Waals surface area contributed by atoms with Gasteiger partial charge in [0.05, 0.1) is 6.04 Å². The van der Waals surface area contributed by atoms with E-state index in [2.05, 4.69) is 21.3 Å². The van der Waals surface area contributed by atoms with Gasteiger partial charge in [-0.15, -0.1) is 12.3 Å². The van der Waals surface area contributed by atoms with Crippen LogP contribution in [0, 0.1) is 17.0 Å². The topological polar surface area (TPSA) is 70.5 Å². The molecule has 4 N–H and O–H groups in total. The first-order valence-corrected chi connectivity index (χ1v) is 3.48. The molecule has 0 saturated heterocycles. The third-order valence-corrected chi connectivity index (χ3v) is 1.58. The summed E-state index contributed by atoms with van der Waals surface area (Å²) in [5.74, 6) is 2.44. The van der Waals surface area contributed by atoms with E-state index in [1.165, 1.54) is 0 Å². The summed E-state index contributed by atoms with van der Waals surface area (Å²) < 4.78 is 0.521. The van der Waals surface area contributed by atoms with E-state index in [9.17, 15) is 0 Å². The Labute approximate surface area is 69.2 Å². The van der Waals surface area contributed by atoms with Gasteiger partial charge in [0.15, 0.2) is 0 Å². The van der Waals surface area contributed by atoms with Crippen LogP contribution in [0.3, 0.4) is 0 Å². The standard InChI is InChI=1S/C6H8N4S/c1-2-3-4(7)5-6(11)9-10-8-5/h1,4H,3,7H2,(H2,8,9,10,11)/t4-/m1/s1. The van der Waals surface area contributed by atoms with Gasteiger partial charge in [0.1, 0.15) is 10.3 Å². The molecule has 1 atom stereocenters. The minimum absolute atomic E-state index is 0.269. The average Bonchev–Trinajstić information content (AvgIpc) is 2.36. The highest BCUT2D eigenvalue weighted by Crippen LogP contribution is 2.09. The van der Waals surface area contributed by atoms with Gasteiger partial charge >= 0.3 is 0 Å². The summed E-state index contributed by atoms with van der Waals surface area (Å²) in [6, 6.07) is -0.269. The molecule has 0 aliphatic heterocycles. The fourth-order valence-corrected chi connectivity index (χ4v) is 0.971. The maximum atomic E-state index is 5.64. The maximum Gasteiger partial charge on any atom is 0.144 e. The Morgan fingerprint density at radius 1 is 1.82 bits per heavy atom. The van der Waals surface area contributed by atoms with Crippen LogP contribution in [0.2, 0.25) is 0 Å². The highest BCUT2D eigenvalue weighted by Gasteiger charge is 2.08. The highest BCUT2D eigenvalue weighted by molar-refractivity contribution is 7.71. The Bertz CT molecular complexity index is 318. The third-order valence-electron chi connectivity index (χ3n) is 1.27. The SMILES string of the molecule is C#CC[C@@H](N)c1n[nH][nH]c1=S. The Morgan fingerprint density at radius 3 is 3.00 bits per heavy atom. The van der Waals surface area contributed by atoms with Gasteiger partial charge in [0.25, 0.3) is 0 Å². The monoisotopic (exact) mass is 168 g/mol. The number of terminal acetylenes is 1. The summed E-state index contributed by atoms with van der Waals surface area (Å²) in [5.41, 5.74) is 6.26. The molecule has 0 saturated carbocycles. The van der Waals surface area contributed by atoms with Crippen LogP contribution < -0.4 is 5.73 Å². The van der Waals surface area contributed by atoms with E-state index < -0.39 is 0 Å². The Hall–Kier alpha value is -1.12. The lowest BCUT2D eigenvalue weighted by Gasteiger charge is -2.00. The molecule has 0 bridgehead atoms. The van der Waals surface area contributed by atoms with E-state index in [0.717, 1.165) is 0 Å². The third kappa shape index (κ3) is 1.67. The van der Waals surface area contributed by atoms with Crippen molar-refractivity contribution in [3.05, 3.63) is 10.3 Å². The van der Waals surface area contributed by atoms with Gasteiger partial charge in [-0.1, -0.05) is 12.2 Å². The van der Waals surface area contributed by atoms with Gasteiger partial charge in [-0.3, -0.25) is 5.10 Å². The number of aromatic nitrogens is 3. The number of aromatic amines is 2. The molecule has 0 aliphatic carbocycles. The molecule has 0 radical (unpaired) electrons. The van der Waals surface area contributed by atoms with Crippen molar-refractivity contribution >= 4 is 12.2 Å². The average molecular weight is 168 g/mol. The lowest BCUT2D eigenvalue weighted by Crippen LogP contribution is -2.10. The van der Waals surface area contributed by atoms with Gasteiger partial charge in [-0.05, 0) is 0 Å². The zero-order valence-electron chi connectivity index (χ0n) is 5.79. The second kappa shape index (κ2) is 3.32. The molecule has 1 heterocycles. The Kier molecular flexibility index (Phi) is 2.41. The van der Waals surface area contributed by atoms with Crippen molar-refractivity contribution in [2.75, 3.05) is 0 Å². The molecule has 0 aromatic carbocycles. The zero-order chi connectivity index (χ0) is 8.27. The summed E-state index contributed by atoms with van der Waals surface area (Å²) in [4.78, 5) is 0. The summed E-state index contributed by atoms with van der Waals surface area (Å²) >= 11 is 4.88. The summed E-state index contributed by atoms with van der Waals surface area (Å²) in [5, 5.41) is 8.98. The first-order chi connectivity index (χ1) is 5.25. The Morgan fingerprint density at radius 2 is 2.55 bits per heavy atom. The number of nitrogens with zero attached hydrogens (tertiary/aromatic N) is 1. The molecule has 5 heteroatoms. The van der Waals surface area contributed by atoms with E-state index >= 15 is 0 Å². The van der Waals surface area contributed by atoms with Crippen LogP contribution in [0.4, 0.5) is 0 Å². The number of nitrogens with two attached hydrogens (primary N) is 1. The molecule has 58 valence electrons. The van der Waals surface area contributed by atoms with E-state index in [-0.39, 0.29) is 6.04 Å². The number of rotatable bonds is 2. The second-order valence-electron chi connectivity index (χ2n) is 2.08. The zero-order valence-corrected chi connectivity index (χ0v) is 6.61. The van der Waals surface area contributed by atoms with Crippen molar-refractivity contribution in [2.24, 2.45) is 5.73 Å². The fraction of sp³-hybridized carbons (Fsp3) is 0.333. The van der Waals surface area contributed by atoms with Crippen molar-refractivity contribution in [1.29, 1.82) is 0 Å². The lowest BCUT2D eigenvalue weighted by atomic mass is 10.2. The van der Waals surface area contributed by atoms with Crippen molar-refractivity contribution in [3.63, 3.8) is 0 Å². The van der Waals surface area contributed by atoms with Crippen molar-refractivity contribution in [2.45, 2.75) is 12.5 Å². The Balaban J connectivity index is 2.86. The van der Waals surface area contributed by atoms with Gasteiger partial charge in [0.2, 0.25) is 0 Å². The molecule has 11 heavy (non-hydrogen) atoms. The minimum Gasteiger partial charge on any atom is -0.322 e. The van der Waals surface area contributed by atoms with Crippen LogP contribution in [-0.4, -0.2) is 15.4 Å². The van der Waals surface area contributed by atoms with E-state index in [1.807, 2.05) is 0 Å². The molecular formula is C6H8N4S. The molecule has 1 aromatic heterocycles.